The summed E-state index contributed by atoms with van der Waals surface area (Å²) >= 11 is 0. The van der Waals surface area contributed by atoms with E-state index < -0.39 is 0 Å². The molecule has 52 heavy (non-hydrogen) atoms. The van der Waals surface area contributed by atoms with Gasteiger partial charge in [0.2, 0.25) is 0 Å². The molecule has 4 heteroatoms. The zero-order valence-electron chi connectivity index (χ0n) is 28.4. The smallest absolute Gasteiger partial charge is 0.0999 e. The van der Waals surface area contributed by atoms with Crippen LogP contribution >= 0.6 is 0 Å². The Kier molecular flexibility index (Phi) is 10.1. The predicted octanol–water partition coefficient (Wildman–Crippen LogP) is 12.1. The summed E-state index contributed by atoms with van der Waals surface area (Å²) in [5, 5.41) is 22.0. The zero-order chi connectivity index (χ0) is 35.5. The Balaban J connectivity index is 1.51. The van der Waals surface area contributed by atoms with Crippen LogP contribution in [0.3, 0.4) is 0 Å². The van der Waals surface area contributed by atoms with Gasteiger partial charge in [0.05, 0.1) is 34.7 Å². The van der Waals surface area contributed by atoms with E-state index in [0.29, 0.717) is 22.3 Å². The van der Waals surface area contributed by atoms with Crippen LogP contribution in [-0.4, -0.2) is 0 Å². The number of hydrogen-bond donors (Lipinski definition) is 0. The molecular formula is C48H34N4. The Bertz CT molecular complexity index is 2140. The van der Waals surface area contributed by atoms with E-state index in [1.807, 2.05) is 146 Å². The van der Waals surface area contributed by atoms with Crippen LogP contribution in [0.15, 0.2) is 194 Å². The molecule has 7 rings (SSSR count). The molecule has 0 spiro atoms. The summed E-state index contributed by atoms with van der Waals surface area (Å²) in [5.74, 6) is 0. The van der Waals surface area contributed by atoms with Crippen molar-refractivity contribution in [2.75, 3.05) is 9.80 Å². The van der Waals surface area contributed by atoms with Gasteiger partial charge in [-0.2, -0.15) is 10.5 Å². The van der Waals surface area contributed by atoms with Crippen LogP contribution in [-0.2, 0) is 0 Å². The highest BCUT2D eigenvalue weighted by atomic mass is 15.2. The number of rotatable bonds is 10. The Morgan fingerprint density at radius 2 is 0.615 bits per heavy atom. The monoisotopic (exact) mass is 666 g/mol. The fraction of sp³-hybridized carbons (Fsp3) is 0. The van der Waals surface area contributed by atoms with Gasteiger partial charge >= 0.3 is 0 Å². The first kappa shape index (κ1) is 33.1. The normalized spacial score (nSPS) is 11.3. The fourth-order valence-electron chi connectivity index (χ4n) is 6.31. The molecule has 0 aliphatic rings. The van der Waals surface area contributed by atoms with Crippen molar-refractivity contribution >= 4 is 46.3 Å². The van der Waals surface area contributed by atoms with Crippen LogP contribution in [0.2, 0.25) is 0 Å². The molecule has 0 aliphatic carbocycles. The summed E-state index contributed by atoms with van der Waals surface area (Å²) in [6.07, 6.45) is 4.16. The van der Waals surface area contributed by atoms with Gasteiger partial charge in [-0.1, -0.05) is 133 Å². The molecule has 0 radical (unpaired) electrons. The van der Waals surface area contributed by atoms with E-state index in [0.717, 1.165) is 45.3 Å². The summed E-state index contributed by atoms with van der Waals surface area (Å²) in [7, 11) is 0. The number of para-hydroxylation sites is 4. The third kappa shape index (κ3) is 7.28. The minimum atomic E-state index is 0.438. The van der Waals surface area contributed by atoms with Gasteiger partial charge in [-0.25, -0.2) is 0 Å². The molecular weight excluding hydrogens is 633 g/mol. The van der Waals surface area contributed by atoms with Gasteiger partial charge in [-0.3, -0.25) is 0 Å². The van der Waals surface area contributed by atoms with Crippen LogP contribution in [0, 0.1) is 22.7 Å². The number of hydrogen-bond acceptors (Lipinski definition) is 4. The van der Waals surface area contributed by atoms with Crippen LogP contribution in [0.4, 0.5) is 22.7 Å². The Morgan fingerprint density at radius 1 is 0.365 bits per heavy atom. The van der Waals surface area contributed by atoms with E-state index in [1.165, 1.54) is 0 Å². The second kappa shape index (κ2) is 15.9. The number of benzene rings is 7. The van der Waals surface area contributed by atoms with Gasteiger partial charge in [-0.05, 0) is 83.9 Å². The van der Waals surface area contributed by atoms with Gasteiger partial charge in [0.15, 0.2) is 0 Å². The average molecular weight is 667 g/mol. The van der Waals surface area contributed by atoms with Crippen molar-refractivity contribution in [2.24, 2.45) is 0 Å². The van der Waals surface area contributed by atoms with Gasteiger partial charge in [-0.15, -0.1) is 0 Å². The van der Waals surface area contributed by atoms with Crippen molar-refractivity contribution in [2.45, 2.75) is 0 Å². The summed E-state index contributed by atoms with van der Waals surface area (Å²) in [6.45, 7) is 0. The predicted molar refractivity (Wildman–Crippen MR) is 215 cm³/mol. The quantitative estimate of drug-likeness (QED) is 0.136. The topological polar surface area (TPSA) is 54.1 Å². The lowest BCUT2D eigenvalue weighted by Gasteiger charge is -2.31. The lowest BCUT2D eigenvalue weighted by atomic mass is 9.92. The molecule has 246 valence electrons. The van der Waals surface area contributed by atoms with Crippen LogP contribution in [0.1, 0.15) is 33.4 Å². The molecule has 0 atom stereocenters. The van der Waals surface area contributed by atoms with Crippen molar-refractivity contribution in [3.8, 4) is 12.1 Å². The summed E-state index contributed by atoms with van der Waals surface area (Å²) < 4.78 is 0. The second-order valence-electron chi connectivity index (χ2n) is 12.1. The highest BCUT2D eigenvalue weighted by molar-refractivity contribution is 6.00. The first-order chi connectivity index (χ1) is 25.7. The Morgan fingerprint density at radius 3 is 0.865 bits per heavy atom. The van der Waals surface area contributed by atoms with Crippen molar-refractivity contribution < 1.29 is 0 Å². The molecule has 0 aliphatic heterocycles. The lowest BCUT2D eigenvalue weighted by Crippen LogP contribution is -2.18. The van der Waals surface area contributed by atoms with Crippen molar-refractivity contribution in [1.29, 1.82) is 10.5 Å². The molecule has 0 saturated heterocycles. The maximum Gasteiger partial charge on any atom is 0.0999 e. The van der Waals surface area contributed by atoms with Crippen molar-refractivity contribution in [1.82, 2.24) is 0 Å². The van der Waals surface area contributed by atoms with E-state index in [4.69, 9.17) is 0 Å². The van der Waals surface area contributed by atoms with Crippen LogP contribution in [0.25, 0.3) is 23.5 Å². The number of anilines is 4. The molecule has 4 nitrogen and oxygen atoms in total. The standard InChI is InChI=1S/C48H34N4/c49-35-39-34-46(48(32-38-21-9-2-10-22-38)52(43-27-15-5-16-28-43)44-29-17-6-18-30-44)40(36-50)33-45(39)47(31-37-19-7-1-8-20-37)51(41-23-11-3-12-24-41)42-25-13-4-14-26-42/h1-34H. The van der Waals surface area contributed by atoms with E-state index in [9.17, 15) is 10.5 Å². The van der Waals surface area contributed by atoms with Gasteiger partial charge in [0.25, 0.3) is 0 Å². The molecule has 0 N–H and O–H groups in total. The van der Waals surface area contributed by atoms with E-state index >= 15 is 0 Å². The first-order valence-corrected chi connectivity index (χ1v) is 17.1. The Labute approximate surface area is 305 Å². The van der Waals surface area contributed by atoms with Gasteiger partial charge in [0.1, 0.15) is 0 Å². The van der Waals surface area contributed by atoms with Crippen molar-refractivity contribution in [3.05, 3.63) is 228 Å². The molecule has 0 fully saturated rings. The fourth-order valence-corrected chi connectivity index (χ4v) is 6.31. The molecule has 0 unspecified atom stereocenters. The largest absolute Gasteiger partial charge is 0.310 e. The van der Waals surface area contributed by atoms with E-state index in [2.05, 4.69) is 82.6 Å². The Hall–Kier alpha value is -7.40. The average Bonchev–Trinajstić information content (AvgIpc) is 3.22. The third-order valence-corrected chi connectivity index (χ3v) is 8.70. The third-order valence-electron chi connectivity index (χ3n) is 8.70. The lowest BCUT2D eigenvalue weighted by molar-refractivity contribution is 1.27. The van der Waals surface area contributed by atoms with Crippen LogP contribution < -0.4 is 9.80 Å². The highest BCUT2D eigenvalue weighted by Crippen LogP contribution is 2.41. The number of nitriles is 2. The number of nitrogens with zero attached hydrogens (tertiary/aromatic N) is 4. The minimum absolute atomic E-state index is 0.438. The first-order valence-electron chi connectivity index (χ1n) is 17.1. The summed E-state index contributed by atoms with van der Waals surface area (Å²) in [5.41, 5.74) is 9.31. The highest BCUT2D eigenvalue weighted by Gasteiger charge is 2.25. The van der Waals surface area contributed by atoms with Gasteiger partial charge in [0, 0.05) is 33.9 Å². The molecule has 0 amide bonds. The maximum atomic E-state index is 11.0. The van der Waals surface area contributed by atoms with Crippen LogP contribution in [0.5, 0.6) is 0 Å². The van der Waals surface area contributed by atoms with Crippen molar-refractivity contribution in [3.63, 3.8) is 0 Å². The molecule has 0 saturated carbocycles. The summed E-state index contributed by atoms with van der Waals surface area (Å²) in [6, 6.07) is 69.3. The SMILES string of the molecule is N#Cc1cc(C(=Cc2ccccc2)N(c2ccccc2)c2ccccc2)c(C#N)cc1C(=Cc1ccccc1)N(c1ccccc1)c1ccccc1. The van der Waals surface area contributed by atoms with E-state index in [-0.39, 0.29) is 0 Å². The second-order valence-corrected chi connectivity index (χ2v) is 12.1. The van der Waals surface area contributed by atoms with Gasteiger partial charge < -0.3 is 9.80 Å². The molecule has 7 aromatic rings. The molecule has 0 aromatic heterocycles. The minimum Gasteiger partial charge on any atom is -0.310 e. The molecule has 0 heterocycles. The van der Waals surface area contributed by atoms with E-state index in [1.54, 1.807) is 0 Å². The molecule has 7 aromatic carbocycles. The zero-order valence-corrected chi connectivity index (χ0v) is 28.4. The maximum absolute atomic E-state index is 11.0. The summed E-state index contributed by atoms with van der Waals surface area (Å²) in [4.78, 5) is 4.29. The molecule has 0 bridgehead atoms.